The minimum Gasteiger partial charge on any atom is -0.496 e. The van der Waals surface area contributed by atoms with Crippen molar-refractivity contribution < 1.29 is 14.7 Å². The van der Waals surface area contributed by atoms with Crippen molar-refractivity contribution >= 4 is 15.9 Å². The minimum atomic E-state index is 0.319. The Labute approximate surface area is 117 Å². The highest BCUT2D eigenvalue weighted by molar-refractivity contribution is 9.10. The summed E-state index contributed by atoms with van der Waals surface area (Å²) in [4.78, 5) is 1.54. The molecule has 1 saturated heterocycles. The van der Waals surface area contributed by atoms with Gasteiger partial charge in [-0.2, -0.15) is 0 Å². The number of hydrogen-bond acceptors (Lipinski definition) is 2. The van der Waals surface area contributed by atoms with E-state index in [1.54, 1.807) is 7.11 Å². The predicted octanol–water partition coefficient (Wildman–Crippen LogP) is 1.24. The van der Waals surface area contributed by atoms with Gasteiger partial charge in [0.25, 0.3) is 0 Å². The molecule has 18 heavy (non-hydrogen) atoms. The number of nitrogens with one attached hydrogen (secondary N) is 1. The van der Waals surface area contributed by atoms with Crippen molar-refractivity contribution in [2.24, 2.45) is 5.92 Å². The van der Waals surface area contributed by atoms with E-state index in [0.29, 0.717) is 12.5 Å². The summed E-state index contributed by atoms with van der Waals surface area (Å²) in [6, 6.07) is 6.14. The number of likely N-dealkylation sites (tertiary alicyclic amines) is 1. The van der Waals surface area contributed by atoms with Crippen molar-refractivity contribution in [1.29, 1.82) is 0 Å². The Morgan fingerprint density at radius 3 is 3.06 bits per heavy atom. The van der Waals surface area contributed by atoms with Crippen LogP contribution in [0.25, 0.3) is 0 Å². The molecule has 1 unspecified atom stereocenters. The third kappa shape index (κ3) is 3.46. The summed E-state index contributed by atoms with van der Waals surface area (Å²) < 4.78 is 6.50. The van der Waals surface area contributed by atoms with Crippen molar-refractivity contribution in [3.63, 3.8) is 0 Å². The van der Waals surface area contributed by atoms with Crippen molar-refractivity contribution in [2.75, 3.05) is 26.8 Å². The molecule has 4 heteroatoms. The molecule has 0 spiro atoms. The number of aliphatic hydroxyl groups excluding tert-OH is 1. The molecule has 0 amide bonds. The second-order valence-corrected chi connectivity index (χ2v) is 5.94. The fraction of sp³-hybridized carbons (Fsp3) is 0.571. The van der Waals surface area contributed by atoms with Crippen LogP contribution in [-0.2, 0) is 6.54 Å². The molecule has 1 fully saturated rings. The first-order chi connectivity index (χ1) is 8.72. The molecule has 1 aliphatic rings. The zero-order chi connectivity index (χ0) is 13.0. The molecule has 0 aliphatic carbocycles. The number of piperidine rings is 1. The molecule has 2 rings (SSSR count). The van der Waals surface area contributed by atoms with Crippen LogP contribution in [0.15, 0.2) is 22.7 Å². The van der Waals surface area contributed by atoms with Crippen LogP contribution >= 0.6 is 15.9 Å². The van der Waals surface area contributed by atoms with Crippen LogP contribution in [-0.4, -0.2) is 31.9 Å². The second-order valence-electron chi connectivity index (χ2n) is 5.03. The van der Waals surface area contributed by atoms with Crippen LogP contribution in [0.5, 0.6) is 5.75 Å². The maximum Gasteiger partial charge on any atom is 0.127 e. The average Bonchev–Trinajstić information content (AvgIpc) is 2.39. The molecule has 3 nitrogen and oxygen atoms in total. The molecule has 1 aromatic carbocycles. The number of quaternary nitrogens is 1. The Balaban J connectivity index is 2.06. The first-order valence-electron chi connectivity index (χ1n) is 6.49. The van der Waals surface area contributed by atoms with E-state index < -0.39 is 0 Å². The van der Waals surface area contributed by atoms with E-state index in [0.717, 1.165) is 29.7 Å². The monoisotopic (exact) mass is 314 g/mol. The first kappa shape index (κ1) is 13.8. The number of aliphatic hydroxyl groups is 1. The molecular formula is C14H21BrNO2+. The van der Waals surface area contributed by atoms with Gasteiger partial charge in [0, 0.05) is 16.0 Å². The zero-order valence-corrected chi connectivity index (χ0v) is 12.4. The molecule has 1 heterocycles. The largest absolute Gasteiger partial charge is 0.496 e. The fourth-order valence-corrected chi connectivity index (χ4v) is 3.13. The maximum absolute atomic E-state index is 9.27. The maximum atomic E-state index is 9.27. The van der Waals surface area contributed by atoms with Gasteiger partial charge < -0.3 is 14.7 Å². The van der Waals surface area contributed by atoms with Gasteiger partial charge in [0.05, 0.1) is 26.8 Å². The predicted molar refractivity (Wildman–Crippen MR) is 74.9 cm³/mol. The highest BCUT2D eigenvalue weighted by Gasteiger charge is 2.23. The van der Waals surface area contributed by atoms with Crippen LogP contribution < -0.4 is 9.64 Å². The van der Waals surface area contributed by atoms with E-state index in [2.05, 4.69) is 22.0 Å². The van der Waals surface area contributed by atoms with E-state index in [4.69, 9.17) is 4.74 Å². The molecule has 0 radical (unpaired) electrons. The summed E-state index contributed by atoms with van der Waals surface area (Å²) in [7, 11) is 1.72. The third-order valence-corrected chi connectivity index (χ3v) is 4.15. The van der Waals surface area contributed by atoms with Gasteiger partial charge in [0.15, 0.2) is 0 Å². The number of benzene rings is 1. The lowest BCUT2D eigenvalue weighted by Gasteiger charge is -2.29. The van der Waals surface area contributed by atoms with Crippen LogP contribution in [0, 0.1) is 5.92 Å². The Hall–Kier alpha value is -0.580. The standard InChI is InChI=1S/C14H20BrNO2/c1-18-14-5-4-13(15)7-12(14)9-16-6-2-3-11(8-16)10-17/h4-5,7,11,17H,2-3,6,8-10H2,1H3/p+1/t11-/m1/s1. The lowest BCUT2D eigenvalue weighted by atomic mass is 9.98. The van der Waals surface area contributed by atoms with Crippen molar-refractivity contribution in [3.8, 4) is 5.75 Å². The molecule has 0 bridgehead atoms. The number of rotatable bonds is 4. The summed E-state index contributed by atoms with van der Waals surface area (Å²) >= 11 is 3.51. The Bertz CT molecular complexity index is 397. The highest BCUT2D eigenvalue weighted by Crippen LogP contribution is 2.22. The summed E-state index contributed by atoms with van der Waals surface area (Å²) in [5, 5.41) is 9.27. The van der Waals surface area contributed by atoms with Gasteiger partial charge in [-0.15, -0.1) is 0 Å². The minimum absolute atomic E-state index is 0.319. The Kier molecular flexibility index (Phi) is 5.03. The Morgan fingerprint density at radius 2 is 2.33 bits per heavy atom. The molecule has 1 aliphatic heterocycles. The zero-order valence-electron chi connectivity index (χ0n) is 10.8. The van der Waals surface area contributed by atoms with Gasteiger partial charge in [-0.1, -0.05) is 15.9 Å². The number of methoxy groups -OCH3 is 1. The molecule has 2 N–H and O–H groups in total. The molecule has 2 atom stereocenters. The summed E-state index contributed by atoms with van der Waals surface area (Å²) in [5.41, 5.74) is 1.24. The first-order valence-corrected chi connectivity index (χ1v) is 7.29. The van der Waals surface area contributed by atoms with Crippen LogP contribution in [0.4, 0.5) is 0 Å². The van der Waals surface area contributed by atoms with Gasteiger partial charge in [-0.25, -0.2) is 0 Å². The molecule has 0 saturated carbocycles. The van der Waals surface area contributed by atoms with E-state index in [-0.39, 0.29) is 0 Å². The van der Waals surface area contributed by atoms with Crippen LogP contribution in [0.3, 0.4) is 0 Å². The summed E-state index contributed by atoms with van der Waals surface area (Å²) in [6.45, 7) is 3.54. The smallest absolute Gasteiger partial charge is 0.127 e. The fourth-order valence-electron chi connectivity index (χ4n) is 2.72. The normalized spacial score (nSPS) is 23.9. The van der Waals surface area contributed by atoms with Crippen molar-refractivity contribution in [3.05, 3.63) is 28.2 Å². The second kappa shape index (κ2) is 6.55. The SMILES string of the molecule is COc1ccc(Br)cc1C[NH+]1CCC[C@@H](CO)C1. The van der Waals surface area contributed by atoms with Crippen LogP contribution in [0.2, 0.25) is 0 Å². The van der Waals surface area contributed by atoms with Crippen LogP contribution in [0.1, 0.15) is 18.4 Å². The van der Waals surface area contributed by atoms with Gasteiger partial charge in [-0.3, -0.25) is 0 Å². The highest BCUT2D eigenvalue weighted by atomic mass is 79.9. The van der Waals surface area contributed by atoms with Crippen molar-refractivity contribution in [2.45, 2.75) is 19.4 Å². The average molecular weight is 315 g/mol. The summed E-state index contributed by atoms with van der Waals surface area (Å²) in [5.74, 6) is 1.42. The van der Waals surface area contributed by atoms with E-state index >= 15 is 0 Å². The number of halogens is 1. The number of ether oxygens (including phenoxy) is 1. The lowest BCUT2D eigenvalue weighted by Crippen LogP contribution is -3.12. The lowest BCUT2D eigenvalue weighted by molar-refractivity contribution is -0.922. The Morgan fingerprint density at radius 1 is 1.50 bits per heavy atom. The van der Waals surface area contributed by atoms with Crippen molar-refractivity contribution in [1.82, 2.24) is 0 Å². The van der Waals surface area contributed by atoms with Gasteiger partial charge in [0.1, 0.15) is 12.3 Å². The molecule has 100 valence electrons. The van der Waals surface area contributed by atoms with E-state index in [1.807, 2.05) is 12.1 Å². The topological polar surface area (TPSA) is 33.9 Å². The quantitative estimate of drug-likeness (QED) is 0.877. The number of hydrogen-bond donors (Lipinski definition) is 2. The van der Waals surface area contributed by atoms with Gasteiger partial charge >= 0.3 is 0 Å². The van der Waals surface area contributed by atoms with E-state index in [1.165, 1.54) is 23.4 Å². The molecule has 0 aromatic heterocycles. The molecular weight excluding hydrogens is 294 g/mol. The molecule has 1 aromatic rings. The third-order valence-electron chi connectivity index (χ3n) is 3.66. The van der Waals surface area contributed by atoms with Gasteiger partial charge in [-0.05, 0) is 31.0 Å². The van der Waals surface area contributed by atoms with Gasteiger partial charge in [0.2, 0.25) is 0 Å². The summed E-state index contributed by atoms with van der Waals surface area (Å²) in [6.07, 6.45) is 2.37. The van der Waals surface area contributed by atoms with E-state index in [9.17, 15) is 5.11 Å².